The summed E-state index contributed by atoms with van der Waals surface area (Å²) in [4.78, 5) is 10.7. The second-order valence-electron chi connectivity index (χ2n) is 4.21. The molecule has 0 aromatic heterocycles. The lowest BCUT2D eigenvalue weighted by Gasteiger charge is -2.25. The van der Waals surface area contributed by atoms with Crippen molar-refractivity contribution in [3.63, 3.8) is 0 Å². The van der Waals surface area contributed by atoms with E-state index in [1.807, 2.05) is 0 Å². The van der Waals surface area contributed by atoms with Gasteiger partial charge in [-0.1, -0.05) is 6.42 Å². The number of rotatable bonds is 1. The maximum atomic E-state index is 10.7. The molecule has 0 aliphatic heterocycles. The summed E-state index contributed by atoms with van der Waals surface area (Å²) in [5.41, 5.74) is -0.0104. The molecule has 12 heavy (non-hydrogen) atoms. The minimum absolute atomic E-state index is 0.0104. The summed E-state index contributed by atoms with van der Waals surface area (Å²) in [6.07, 6.45) is 4.10. The third-order valence-corrected chi connectivity index (χ3v) is 3.34. The fourth-order valence-electron chi connectivity index (χ4n) is 2.56. The van der Waals surface area contributed by atoms with Gasteiger partial charge in [-0.25, -0.2) is 0 Å². The number of carboxylic acid groups (broad SMARTS) is 1. The van der Waals surface area contributed by atoms with Gasteiger partial charge in [0.05, 0.1) is 12.0 Å². The van der Waals surface area contributed by atoms with Crippen molar-refractivity contribution in [3.8, 4) is 0 Å². The van der Waals surface area contributed by atoms with Crippen molar-refractivity contribution in [3.05, 3.63) is 0 Å². The molecule has 0 bridgehead atoms. The molecule has 3 atom stereocenters. The summed E-state index contributed by atoms with van der Waals surface area (Å²) in [6, 6.07) is 0. The van der Waals surface area contributed by atoms with Crippen LogP contribution in [0.25, 0.3) is 0 Å². The van der Waals surface area contributed by atoms with Crippen LogP contribution in [0.2, 0.25) is 0 Å². The molecule has 0 aromatic rings. The summed E-state index contributed by atoms with van der Waals surface area (Å²) in [5.74, 6) is -0.837. The van der Waals surface area contributed by atoms with Crippen LogP contribution in [-0.4, -0.2) is 22.3 Å². The number of aliphatic hydroxyl groups excluding tert-OH is 1. The van der Waals surface area contributed by atoms with Gasteiger partial charge in [0.2, 0.25) is 0 Å². The van der Waals surface area contributed by atoms with E-state index < -0.39 is 5.97 Å². The molecule has 3 unspecified atom stereocenters. The second kappa shape index (κ2) is 2.46. The van der Waals surface area contributed by atoms with Gasteiger partial charge in [0.15, 0.2) is 0 Å². The average molecular weight is 170 g/mol. The Morgan fingerprint density at radius 3 is 2.67 bits per heavy atom. The predicted octanol–water partition coefficient (Wildman–Crippen LogP) is 1.01. The summed E-state index contributed by atoms with van der Waals surface area (Å²) < 4.78 is 0. The highest BCUT2D eigenvalue weighted by Crippen LogP contribution is 2.61. The van der Waals surface area contributed by atoms with Gasteiger partial charge in [-0.05, 0) is 31.1 Å². The molecule has 2 N–H and O–H groups in total. The number of aliphatic hydroxyl groups is 1. The van der Waals surface area contributed by atoms with E-state index in [4.69, 9.17) is 5.11 Å². The Bertz CT molecular complexity index is 214. The van der Waals surface area contributed by atoms with E-state index in [0.717, 1.165) is 25.7 Å². The fourth-order valence-corrected chi connectivity index (χ4v) is 2.56. The van der Waals surface area contributed by atoms with Gasteiger partial charge in [-0.3, -0.25) is 4.79 Å². The largest absolute Gasteiger partial charge is 0.481 e. The molecule has 3 nitrogen and oxygen atoms in total. The van der Waals surface area contributed by atoms with E-state index in [2.05, 4.69) is 0 Å². The number of hydrogen-bond donors (Lipinski definition) is 2. The first-order chi connectivity index (χ1) is 5.64. The third kappa shape index (κ3) is 1.12. The number of carboxylic acids is 1. The van der Waals surface area contributed by atoms with Crippen LogP contribution in [0.3, 0.4) is 0 Å². The van der Waals surface area contributed by atoms with Crippen LogP contribution in [0, 0.1) is 11.3 Å². The van der Waals surface area contributed by atoms with Crippen molar-refractivity contribution in [2.45, 2.75) is 38.2 Å². The lowest BCUT2D eigenvalue weighted by atomic mass is 9.83. The molecule has 1 spiro atoms. The Hall–Kier alpha value is -0.570. The van der Waals surface area contributed by atoms with Crippen LogP contribution in [0.4, 0.5) is 0 Å². The Balaban J connectivity index is 2.01. The molecule has 3 heteroatoms. The van der Waals surface area contributed by atoms with Gasteiger partial charge in [0.1, 0.15) is 0 Å². The van der Waals surface area contributed by atoms with Gasteiger partial charge in [-0.2, -0.15) is 0 Å². The van der Waals surface area contributed by atoms with Crippen molar-refractivity contribution >= 4 is 5.97 Å². The van der Waals surface area contributed by atoms with Gasteiger partial charge in [0, 0.05) is 0 Å². The van der Waals surface area contributed by atoms with Crippen LogP contribution in [-0.2, 0) is 4.79 Å². The summed E-state index contributed by atoms with van der Waals surface area (Å²) in [6.45, 7) is 0. The van der Waals surface area contributed by atoms with Crippen molar-refractivity contribution in [1.29, 1.82) is 0 Å². The van der Waals surface area contributed by atoms with E-state index in [1.54, 1.807) is 0 Å². The molecule has 0 saturated heterocycles. The maximum Gasteiger partial charge on any atom is 0.307 e. The normalized spacial score (nSPS) is 46.1. The summed E-state index contributed by atoms with van der Waals surface area (Å²) in [5, 5.41) is 18.2. The highest BCUT2D eigenvalue weighted by Gasteiger charge is 2.59. The van der Waals surface area contributed by atoms with E-state index in [1.165, 1.54) is 0 Å². The number of carbonyl (C=O) groups is 1. The minimum Gasteiger partial charge on any atom is -0.481 e. The predicted molar refractivity (Wildman–Crippen MR) is 42.7 cm³/mol. The highest BCUT2D eigenvalue weighted by atomic mass is 16.4. The average Bonchev–Trinajstić information content (AvgIpc) is 2.63. The van der Waals surface area contributed by atoms with Gasteiger partial charge >= 0.3 is 5.97 Å². The van der Waals surface area contributed by atoms with Crippen LogP contribution in [0.5, 0.6) is 0 Å². The van der Waals surface area contributed by atoms with Crippen LogP contribution >= 0.6 is 0 Å². The third-order valence-electron chi connectivity index (χ3n) is 3.34. The van der Waals surface area contributed by atoms with E-state index in [9.17, 15) is 9.90 Å². The quantitative estimate of drug-likeness (QED) is 0.617. The molecule has 0 heterocycles. The zero-order chi connectivity index (χ0) is 8.77. The van der Waals surface area contributed by atoms with E-state index in [-0.39, 0.29) is 17.4 Å². The van der Waals surface area contributed by atoms with Crippen LogP contribution in [0.1, 0.15) is 32.1 Å². The molecule has 68 valence electrons. The Kier molecular flexibility index (Phi) is 1.65. The van der Waals surface area contributed by atoms with Gasteiger partial charge < -0.3 is 10.2 Å². The van der Waals surface area contributed by atoms with Crippen LogP contribution in [0.15, 0.2) is 0 Å². The molecule has 2 saturated carbocycles. The smallest absolute Gasteiger partial charge is 0.307 e. The topological polar surface area (TPSA) is 57.5 Å². The Morgan fingerprint density at radius 2 is 2.17 bits per heavy atom. The molecule has 2 aliphatic rings. The zero-order valence-corrected chi connectivity index (χ0v) is 6.99. The zero-order valence-electron chi connectivity index (χ0n) is 6.99. The lowest BCUT2D eigenvalue weighted by Crippen LogP contribution is -2.23. The molecule has 2 rings (SSSR count). The molecular weight excluding hydrogens is 156 g/mol. The van der Waals surface area contributed by atoms with E-state index in [0.29, 0.717) is 6.42 Å². The van der Waals surface area contributed by atoms with Gasteiger partial charge in [0.25, 0.3) is 0 Å². The van der Waals surface area contributed by atoms with E-state index >= 15 is 0 Å². The minimum atomic E-state index is -0.677. The summed E-state index contributed by atoms with van der Waals surface area (Å²) in [7, 11) is 0. The standard InChI is InChI=1S/C9H14O3/c10-6-2-1-3-9(4-6)5-7(9)8(11)12/h6-7,10H,1-5H2,(H,11,12). The number of hydrogen-bond acceptors (Lipinski definition) is 2. The lowest BCUT2D eigenvalue weighted by molar-refractivity contribution is -0.139. The molecule has 0 radical (unpaired) electrons. The molecule has 2 aliphatic carbocycles. The molecule has 2 fully saturated rings. The van der Waals surface area contributed by atoms with Crippen molar-refractivity contribution in [2.75, 3.05) is 0 Å². The monoisotopic (exact) mass is 170 g/mol. The first-order valence-corrected chi connectivity index (χ1v) is 4.55. The first kappa shape index (κ1) is 8.05. The maximum absolute atomic E-state index is 10.7. The molecular formula is C9H14O3. The Labute approximate surface area is 71.4 Å². The SMILES string of the molecule is O=C(O)C1CC12CCCC(O)C2. The summed E-state index contributed by atoms with van der Waals surface area (Å²) >= 11 is 0. The fraction of sp³-hybridized carbons (Fsp3) is 0.889. The van der Waals surface area contributed by atoms with Crippen molar-refractivity contribution in [2.24, 2.45) is 11.3 Å². The highest BCUT2D eigenvalue weighted by molar-refractivity contribution is 5.74. The second-order valence-corrected chi connectivity index (χ2v) is 4.21. The number of aliphatic carboxylic acids is 1. The van der Waals surface area contributed by atoms with Crippen molar-refractivity contribution in [1.82, 2.24) is 0 Å². The van der Waals surface area contributed by atoms with Crippen molar-refractivity contribution < 1.29 is 15.0 Å². The Morgan fingerprint density at radius 1 is 1.42 bits per heavy atom. The van der Waals surface area contributed by atoms with Gasteiger partial charge in [-0.15, -0.1) is 0 Å². The first-order valence-electron chi connectivity index (χ1n) is 4.55. The van der Waals surface area contributed by atoms with Crippen LogP contribution < -0.4 is 0 Å². The molecule has 0 aromatic carbocycles. The molecule has 0 amide bonds.